The van der Waals surface area contributed by atoms with Crippen LogP contribution in [0.15, 0.2) is 30.3 Å². The second-order valence-electron chi connectivity index (χ2n) is 3.47. The van der Waals surface area contributed by atoms with Gasteiger partial charge in [0.2, 0.25) is 0 Å². The smallest absolute Gasteiger partial charge is 0.0450 e. The minimum atomic E-state index is 0.737. The fraction of sp³-hybridized carbons (Fsp3) is 0.400. The van der Waals surface area contributed by atoms with Crippen molar-refractivity contribution in [2.75, 3.05) is 0 Å². The summed E-state index contributed by atoms with van der Waals surface area (Å²) < 4.78 is 0.737. The molecule has 1 heterocycles. The van der Waals surface area contributed by atoms with E-state index < -0.39 is 0 Å². The lowest BCUT2D eigenvalue weighted by molar-refractivity contribution is 0.988. The van der Waals surface area contributed by atoms with E-state index in [9.17, 15) is 0 Å². The summed E-state index contributed by atoms with van der Waals surface area (Å²) in [4.78, 5) is 0. The van der Waals surface area contributed by atoms with E-state index in [0.29, 0.717) is 0 Å². The molecular formula is C10H10S. The molecule has 1 atom stereocenters. The Morgan fingerprint density at radius 2 is 1.91 bits per heavy atom. The Bertz CT molecular complexity index is 274. The fourth-order valence-corrected chi connectivity index (χ4v) is 3.11. The number of thioether (sulfide) groups is 1. The van der Waals surface area contributed by atoms with Crippen LogP contribution >= 0.6 is 11.8 Å². The maximum absolute atomic E-state index is 2.25. The van der Waals surface area contributed by atoms with Crippen LogP contribution in [0.1, 0.15) is 23.7 Å². The lowest BCUT2D eigenvalue weighted by atomic mass is 10.1. The molecule has 0 N–H and O–H groups in total. The molecule has 0 nitrogen and oxygen atoms in total. The van der Waals surface area contributed by atoms with Gasteiger partial charge in [0.15, 0.2) is 0 Å². The average Bonchev–Trinajstić information content (AvgIpc) is 2.95. The molecule has 2 fully saturated rings. The van der Waals surface area contributed by atoms with Crippen molar-refractivity contribution in [3.8, 4) is 0 Å². The maximum atomic E-state index is 2.25. The lowest BCUT2D eigenvalue weighted by Crippen LogP contribution is -1.84. The Morgan fingerprint density at radius 3 is 2.45 bits per heavy atom. The highest BCUT2D eigenvalue weighted by molar-refractivity contribution is 8.08. The maximum Gasteiger partial charge on any atom is 0.0450 e. The summed E-state index contributed by atoms with van der Waals surface area (Å²) in [6.45, 7) is 0. The first-order chi connectivity index (χ1) is 5.41. The predicted octanol–water partition coefficient (Wildman–Crippen LogP) is 3.01. The van der Waals surface area contributed by atoms with Gasteiger partial charge >= 0.3 is 0 Å². The Morgan fingerprint density at radius 1 is 1.18 bits per heavy atom. The summed E-state index contributed by atoms with van der Waals surface area (Å²) in [5.41, 5.74) is 1.54. The number of hydrogen-bond donors (Lipinski definition) is 0. The van der Waals surface area contributed by atoms with Crippen molar-refractivity contribution < 1.29 is 0 Å². The zero-order valence-electron chi connectivity index (χ0n) is 6.29. The van der Waals surface area contributed by atoms with Crippen LogP contribution < -0.4 is 0 Å². The standard InChI is InChI=1S/C10H10S/c1-2-4-8(5-3-1)9-10(11-9)6-7-10/h1-5,9H,6-7H2. The highest BCUT2D eigenvalue weighted by atomic mass is 32.2. The van der Waals surface area contributed by atoms with Crippen LogP contribution in [0, 0.1) is 0 Å². The monoisotopic (exact) mass is 162 g/mol. The van der Waals surface area contributed by atoms with E-state index in [1.54, 1.807) is 0 Å². The Hall–Kier alpha value is -0.430. The molecule has 3 rings (SSSR count). The Kier molecular flexibility index (Phi) is 1.02. The second kappa shape index (κ2) is 1.84. The third-order valence-corrected chi connectivity index (χ3v) is 4.44. The molecule has 2 aliphatic rings. The average molecular weight is 162 g/mol. The van der Waals surface area contributed by atoms with E-state index in [4.69, 9.17) is 0 Å². The van der Waals surface area contributed by atoms with E-state index in [1.165, 1.54) is 18.4 Å². The molecule has 0 radical (unpaired) electrons. The van der Waals surface area contributed by atoms with Crippen molar-refractivity contribution in [1.82, 2.24) is 0 Å². The summed E-state index contributed by atoms with van der Waals surface area (Å²) in [6, 6.07) is 10.9. The molecule has 1 aromatic carbocycles. The molecular weight excluding hydrogens is 152 g/mol. The van der Waals surface area contributed by atoms with Crippen LogP contribution in [0.5, 0.6) is 0 Å². The molecule has 1 spiro atoms. The van der Waals surface area contributed by atoms with Gasteiger partial charge in [-0.2, -0.15) is 0 Å². The third-order valence-electron chi connectivity index (χ3n) is 2.62. The lowest BCUT2D eigenvalue weighted by Gasteiger charge is -1.93. The van der Waals surface area contributed by atoms with Gasteiger partial charge in [-0.3, -0.25) is 0 Å². The first-order valence-electron chi connectivity index (χ1n) is 4.13. The predicted molar refractivity (Wildman–Crippen MR) is 48.7 cm³/mol. The second-order valence-corrected chi connectivity index (χ2v) is 4.99. The van der Waals surface area contributed by atoms with Crippen molar-refractivity contribution in [2.24, 2.45) is 0 Å². The minimum absolute atomic E-state index is 0.737. The van der Waals surface area contributed by atoms with Gasteiger partial charge in [-0.15, -0.1) is 11.8 Å². The van der Waals surface area contributed by atoms with Crippen molar-refractivity contribution in [1.29, 1.82) is 0 Å². The molecule has 1 unspecified atom stereocenters. The van der Waals surface area contributed by atoms with Gasteiger partial charge in [0.1, 0.15) is 0 Å². The highest BCUT2D eigenvalue weighted by Gasteiger charge is 2.64. The van der Waals surface area contributed by atoms with Gasteiger partial charge in [-0.25, -0.2) is 0 Å². The third kappa shape index (κ3) is 0.839. The molecule has 56 valence electrons. The van der Waals surface area contributed by atoms with E-state index >= 15 is 0 Å². The van der Waals surface area contributed by atoms with Gasteiger partial charge in [-0.05, 0) is 18.4 Å². The highest BCUT2D eigenvalue weighted by Crippen LogP contribution is 2.77. The van der Waals surface area contributed by atoms with E-state index in [1.807, 2.05) is 0 Å². The molecule has 11 heavy (non-hydrogen) atoms. The van der Waals surface area contributed by atoms with Crippen molar-refractivity contribution >= 4 is 11.8 Å². The SMILES string of the molecule is c1ccc(C2SC23CC3)cc1. The minimum Gasteiger partial charge on any atom is -0.144 e. The summed E-state index contributed by atoms with van der Waals surface area (Å²) in [5, 5.41) is 0.851. The van der Waals surface area contributed by atoms with Crippen molar-refractivity contribution in [3.63, 3.8) is 0 Å². The summed E-state index contributed by atoms with van der Waals surface area (Å²) in [6.07, 6.45) is 2.91. The summed E-state index contributed by atoms with van der Waals surface area (Å²) in [5.74, 6) is 0. The van der Waals surface area contributed by atoms with Crippen LogP contribution in [0.3, 0.4) is 0 Å². The normalized spacial score (nSPS) is 30.4. The summed E-state index contributed by atoms with van der Waals surface area (Å²) in [7, 11) is 0. The fourth-order valence-electron chi connectivity index (χ4n) is 1.70. The quantitative estimate of drug-likeness (QED) is 0.572. The molecule has 1 aliphatic heterocycles. The topological polar surface area (TPSA) is 0 Å². The molecule has 0 aromatic heterocycles. The molecule has 1 saturated heterocycles. The van der Waals surface area contributed by atoms with Crippen molar-refractivity contribution in [3.05, 3.63) is 35.9 Å². The zero-order chi connectivity index (χ0) is 7.31. The van der Waals surface area contributed by atoms with Crippen LogP contribution in [0.4, 0.5) is 0 Å². The van der Waals surface area contributed by atoms with Crippen LogP contribution in [-0.2, 0) is 0 Å². The van der Waals surface area contributed by atoms with E-state index in [-0.39, 0.29) is 0 Å². The number of benzene rings is 1. The number of hydrogen-bond acceptors (Lipinski definition) is 1. The molecule has 1 heteroatoms. The van der Waals surface area contributed by atoms with Gasteiger partial charge in [0.25, 0.3) is 0 Å². The van der Waals surface area contributed by atoms with E-state index in [2.05, 4.69) is 42.1 Å². The van der Waals surface area contributed by atoms with Crippen LogP contribution in [0.25, 0.3) is 0 Å². The van der Waals surface area contributed by atoms with Crippen LogP contribution in [-0.4, -0.2) is 4.75 Å². The Labute approximate surface area is 71.0 Å². The molecule has 0 bridgehead atoms. The van der Waals surface area contributed by atoms with Gasteiger partial charge < -0.3 is 0 Å². The summed E-state index contributed by atoms with van der Waals surface area (Å²) >= 11 is 2.16. The van der Waals surface area contributed by atoms with E-state index in [0.717, 1.165) is 10.00 Å². The molecule has 0 amide bonds. The van der Waals surface area contributed by atoms with Crippen LogP contribution in [0.2, 0.25) is 0 Å². The zero-order valence-corrected chi connectivity index (χ0v) is 7.10. The van der Waals surface area contributed by atoms with Gasteiger partial charge in [0.05, 0.1) is 0 Å². The van der Waals surface area contributed by atoms with Gasteiger partial charge in [0, 0.05) is 10.00 Å². The number of rotatable bonds is 1. The van der Waals surface area contributed by atoms with Crippen molar-refractivity contribution in [2.45, 2.75) is 22.8 Å². The first kappa shape index (κ1) is 6.13. The van der Waals surface area contributed by atoms with Gasteiger partial charge in [-0.1, -0.05) is 30.3 Å². The molecule has 1 aromatic rings. The largest absolute Gasteiger partial charge is 0.144 e. The molecule has 1 aliphatic carbocycles. The molecule has 1 saturated carbocycles. The Balaban J connectivity index is 1.91. The first-order valence-corrected chi connectivity index (χ1v) is 5.01.